The molecule has 0 amide bonds. The van der Waals surface area contributed by atoms with E-state index in [1.54, 1.807) is 10.9 Å². The summed E-state index contributed by atoms with van der Waals surface area (Å²) in [7, 11) is 0. The Balaban J connectivity index is 1.99. The topological polar surface area (TPSA) is 80.9 Å². The van der Waals surface area contributed by atoms with E-state index in [-0.39, 0.29) is 11.6 Å². The van der Waals surface area contributed by atoms with E-state index in [0.29, 0.717) is 5.69 Å². The summed E-state index contributed by atoms with van der Waals surface area (Å²) in [5.74, 6) is -0.804. The van der Waals surface area contributed by atoms with Crippen LogP contribution in [0.5, 0.6) is 0 Å². The van der Waals surface area contributed by atoms with Crippen LogP contribution >= 0.6 is 0 Å². The van der Waals surface area contributed by atoms with E-state index in [1.165, 1.54) is 0 Å². The van der Waals surface area contributed by atoms with E-state index in [4.69, 9.17) is 0 Å². The van der Waals surface area contributed by atoms with Gasteiger partial charge >= 0.3 is 5.97 Å². The molecule has 21 heavy (non-hydrogen) atoms. The number of benzene rings is 1. The highest BCUT2D eigenvalue weighted by Gasteiger charge is 2.34. The van der Waals surface area contributed by atoms with Gasteiger partial charge in [-0.25, -0.2) is 9.48 Å². The summed E-state index contributed by atoms with van der Waals surface area (Å²) in [6.45, 7) is 0. The van der Waals surface area contributed by atoms with Gasteiger partial charge in [0.1, 0.15) is 0 Å². The average molecular weight is 280 g/mol. The molecule has 6 nitrogen and oxygen atoms in total. The van der Waals surface area contributed by atoms with Crippen LogP contribution in [0.4, 0.5) is 0 Å². The van der Waals surface area contributed by atoms with Crippen molar-refractivity contribution in [1.29, 1.82) is 0 Å². The van der Waals surface area contributed by atoms with E-state index in [2.05, 4.69) is 15.3 Å². The maximum Gasteiger partial charge on any atom is 0.358 e. The zero-order valence-electron chi connectivity index (χ0n) is 11.1. The maximum atomic E-state index is 11.3. The molecule has 0 bridgehead atoms. The van der Waals surface area contributed by atoms with E-state index in [9.17, 15) is 9.90 Å². The van der Waals surface area contributed by atoms with Crippen molar-refractivity contribution in [3.8, 4) is 5.69 Å². The fourth-order valence-corrected chi connectivity index (χ4v) is 2.60. The van der Waals surface area contributed by atoms with Crippen molar-refractivity contribution in [2.45, 2.75) is 18.8 Å². The van der Waals surface area contributed by atoms with Gasteiger partial charge in [0.2, 0.25) is 0 Å². The second-order valence-corrected chi connectivity index (χ2v) is 5.17. The van der Waals surface area contributed by atoms with Crippen LogP contribution in [0.1, 0.15) is 34.9 Å². The number of carboxylic acid groups (broad SMARTS) is 1. The lowest BCUT2D eigenvalue weighted by Gasteiger charge is -2.08. The van der Waals surface area contributed by atoms with Gasteiger partial charge in [-0.2, -0.15) is 0 Å². The molecule has 1 aromatic carbocycles. The predicted octanol–water partition coefficient (Wildman–Crippen LogP) is 2.39. The third-order valence-corrected chi connectivity index (χ3v) is 3.71. The second-order valence-electron chi connectivity index (χ2n) is 5.17. The first kappa shape index (κ1) is 12.0. The molecule has 0 aliphatic heterocycles. The van der Waals surface area contributed by atoms with Crippen LogP contribution < -0.4 is 0 Å². The SMILES string of the molecule is O=C(O)c1nnn(-c2cccc3cccnc23)c1C1CC1. The number of pyridine rings is 1. The number of hydrogen-bond donors (Lipinski definition) is 1. The molecule has 1 fully saturated rings. The van der Waals surface area contributed by atoms with Crippen molar-refractivity contribution in [3.63, 3.8) is 0 Å². The molecule has 6 heteroatoms. The summed E-state index contributed by atoms with van der Waals surface area (Å²) in [5, 5.41) is 18.2. The monoisotopic (exact) mass is 280 g/mol. The molecule has 1 N–H and O–H groups in total. The molecule has 0 atom stereocenters. The number of fused-ring (bicyclic) bond motifs is 1. The molecule has 1 saturated carbocycles. The van der Waals surface area contributed by atoms with Crippen molar-refractivity contribution in [2.75, 3.05) is 0 Å². The lowest BCUT2D eigenvalue weighted by molar-refractivity contribution is 0.0689. The Hall–Kier alpha value is -2.76. The normalized spacial score (nSPS) is 14.5. The summed E-state index contributed by atoms with van der Waals surface area (Å²) in [4.78, 5) is 15.7. The molecule has 104 valence electrons. The molecule has 0 radical (unpaired) electrons. The number of para-hydroxylation sites is 1. The van der Waals surface area contributed by atoms with Crippen molar-refractivity contribution in [1.82, 2.24) is 20.0 Å². The number of carbonyl (C=O) groups is 1. The highest BCUT2D eigenvalue weighted by atomic mass is 16.4. The van der Waals surface area contributed by atoms with Crippen LogP contribution in [0.2, 0.25) is 0 Å². The summed E-state index contributed by atoms with van der Waals surface area (Å²) in [6, 6.07) is 9.62. The Bertz CT molecular complexity index is 847. The van der Waals surface area contributed by atoms with Crippen LogP contribution in [0.15, 0.2) is 36.5 Å². The minimum atomic E-state index is -1.03. The Morgan fingerprint density at radius 3 is 2.81 bits per heavy atom. The quantitative estimate of drug-likeness (QED) is 0.796. The van der Waals surface area contributed by atoms with E-state index in [1.807, 2.05) is 30.3 Å². The second kappa shape index (κ2) is 4.37. The van der Waals surface area contributed by atoms with Crippen LogP contribution in [-0.4, -0.2) is 31.1 Å². The highest BCUT2D eigenvalue weighted by Crippen LogP contribution is 2.42. The first-order valence-corrected chi connectivity index (χ1v) is 6.78. The maximum absolute atomic E-state index is 11.3. The smallest absolute Gasteiger partial charge is 0.358 e. The zero-order chi connectivity index (χ0) is 14.4. The third kappa shape index (κ3) is 1.87. The van der Waals surface area contributed by atoms with Crippen LogP contribution in [-0.2, 0) is 0 Å². The van der Waals surface area contributed by atoms with E-state index in [0.717, 1.165) is 29.4 Å². The molecule has 0 unspecified atom stereocenters. The fraction of sp³-hybridized carbons (Fsp3) is 0.200. The van der Waals surface area contributed by atoms with Crippen molar-refractivity contribution >= 4 is 16.9 Å². The summed E-state index contributed by atoms with van der Waals surface area (Å²) >= 11 is 0. The van der Waals surface area contributed by atoms with Gasteiger partial charge in [0.25, 0.3) is 0 Å². The van der Waals surface area contributed by atoms with Crippen molar-refractivity contribution < 1.29 is 9.90 Å². The lowest BCUT2D eigenvalue weighted by atomic mass is 10.1. The van der Waals surface area contributed by atoms with Gasteiger partial charge in [0, 0.05) is 17.5 Å². The Kier molecular flexibility index (Phi) is 2.50. The van der Waals surface area contributed by atoms with Gasteiger partial charge in [0.15, 0.2) is 5.69 Å². The molecule has 2 aromatic heterocycles. The third-order valence-electron chi connectivity index (χ3n) is 3.71. The van der Waals surface area contributed by atoms with Gasteiger partial charge < -0.3 is 5.11 Å². The van der Waals surface area contributed by atoms with Gasteiger partial charge in [-0.15, -0.1) is 5.10 Å². The molecule has 0 saturated heterocycles. The van der Waals surface area contributed by atoms with Crippen LogP contribution in [0.3, 0.4) is 0 Å². The zero-order valence-corrected chi connectivity index (χ0v) is 11.1. The molecular weight excluding hydrogens is 268 g/mol. The number of aromatic nitrogens is 4. The standard InChI is InChI=1S/C15H12N4O2/c20-15(21)13-14(10-6-7-10)19(18-17-13)11-5-1-3-9-4-2-8-16-12(9)11/h1-5,8,10H,6-7H2,(H,20,21). The predicted molar refractivity (Wildman–Crippen MR) is 75.6 cm³/mol. The fourth-order valence-electron chi connectivity index (χ4n) is 2.60. The molecule has 1 aliphatic carbocycles. The van der Waals surface area contributed by atoms with Gasteiger partial charge in [0.05, 0.1) is 16.9 Å². The van der Waals surface area contributed by atoms with Crippen molar-refractivity contribution in [2.24, 2.45) is 0 Å². The Labute approximate surface area is 120 Å². The Morgan fingerprint density at radius 2 is 2.05 bits per heavy atom. The highest BCUT2D eigenvalue weighted by molar-refractivity contribution is 5.89. The van der Waals surface area contributed by atoms with Gasteiger partial charge in [-0.3, -0.25) is 4.98 Å². The van der Waals surface area contributed by atoms with Gasteiger partial charge in [-0.1, -0.05) is 23.4 Å². The van der Waals surface area contributed by atoms with E-state index < -0.39 is 5.97 Å². The minimum Gasteiger partial charge on any atom is -0.476 e. The Morgan fingerprint density at radius 1 is 1.24 bits per heavy atom. The minimum absolute atomic E-state index is 0.0467. The molecule has 2 heterocycles. The summed E-state index contributed by atoms with van der Waals surface area (Å²) in [5.41, 5.74) is 2.30. The number of hydrogen-bond acceptors (Lipinski definition) is 4. The van der Waals surface area contributed by atoms with Crippen molar-refractivity contribution in [3.05, 3.63) is 47.9 Å². The molecule has 1 aliphatic rings. The number of nitrogens with zero attached hydrogens (tertiary/aromatic N) is 4. The molecule has 0 spiro atoms. The lowest BCUT2D eigenvalue weighted by Crippen LogP contribution is -2.06. The number of carboxylic acids is 1. The first-order chi connectivity index (χ1) is 10.3. The molecule has 4 rings (SSSR count). The average Bonchev–Trinajstić information content (AvgIpc) is 3.25. The molecular formula is C15H12N4O2. The summed E-state index contributed by atoms with van der Waals surface area (Å²) in [6.07, 6.45) is 3.68. The first-order valence-electron chi connectivity index (χ1n) is 6.78. The largest absolute Gasteiger partial charge is 0.476 e. The summed E-state index contributed by atoms with van der Waals surface area (Å²) < 4.78 is 1.64. The molecule has 3 aromatic rings. The van der Waals surface area contributed by atoms with E-state index >= 15 is 0 Å². The van der Waals surface area contributed by atoms with Crippen LogP contribution in [0, 0.1) is 0 Å². The van der Waals surface area contributed by atoms with Gasteiger partial charge in [-0.05, 0) is 25.0 Å². The number of aromatic carboxylic acids is 1. The number of rotatable bonds is 3. The van der Waals surface area contributed by atoms with Crippen LogP contribution in [0.25, 0.3) is 16.6 Å².